The maximum Gasteiger partial charge on any atom is 2.00 e. The van der Waals surface area contributed by atoms with Gasteiger partial charge in [-0.2, -0.15) is 0 Å². The van der Waals surface area contributed by atoms with Crippen LogP contribution >= 0.6 is 0 Å². The van der Waals surface area contributed by atoms with E-state index in [1.165, 1.54) is 0 Å². The van der Waals surface area contributed by atoms with Gasteiger partial charge in [-0.25, -0.2) is 0 Å². The van der Waals surface area contributed by atoms with Gasteiger partial charge in [0.2, 0.25) is 0 Å². The molecule has 0 atom stereocenters. The van der Waals surface area contributed by atoms with E-state index in [0.717, 1.165) is 0 Å². The zero-order valence-corrected chi connectivity index (χ0v) is 4.13. The molecule has 0 saturated carbocycles. The third-order valence-corrected chi connectivity index (χ3v) is 0. The average Bonchev–Trinajstić information content (AvgIpc) is 0.811. The van der Waals surface area contributed by atoms with Gasteiger partial charge in [-0.05, 0) is 0 Å². The molecule has 0 bridgehead atoms. The van der Waals surface area contributed by atoms with Gasteiger partial charge in [0, 0.05) is 0 Å². The molecule has 5 nitrogen and oxygen atoms in total. The smallest absolute Gasteiger partial charge is 0.369 e. The second-order valence-electron chi connectivity index (χ2n) is 0.224. The van der Waals surface area contributed by atoms with Gasteiger partial charge in [0.05, 0.1) is 5.09 Å². The Labute approximate surface area is 44.5 Å². The Morgan fingerprint density at radius 3 is 1.33 bits per heavy atom. The standard InChI is InChI=1S/Fe.NO3.H3N/c;2-1(3)4;/h;;1H3/q+2;-1;/p+1. The van der Waals surface area contributed by atoms with Crippen LogP contribution in [-0.2, 0) is 17.1 Å². The molecule has 0 aromatic rings. The zero-order chi connectivity index (χ0) is 3.58. The summed E-state index contributed by atoms with van der Waals surface area (Å²) in [6.07, 6.45) is 0. The minimum Gasteiger partial charge on any atom is -0.369 e. The van der Waals surface area contributed by atoms with Crippen LogP contribution in [0.5, 0.6) is 0 Å². The quantitative estimate of drug-likeness (QED) is 0.290. The number of rotatable bonds is 0. The first-order valence-electron chi connectivity index (χ1n) is 0.548. The Bertz CT molecular complexity index is 31.8. The van der Waals surface area contributed by atoms with Crippen LogP contribution in [0, 0.1) is 15.3 Å². The minimum absolute atomic E-state index is 0. The molecule has 0 amide bonds. The van der Waals surface area contributed by atoms with Crippen molar-refractivity contribution in [2.45, 2.75) is 0 Å². The van der Waals surface area contributed by atoms with Crippen molar-refractivity contribution >= 4 is 0 Å². The molecular formula is H4FeN2O3+2. The second kappa shape index (κ2) is 8.82. The molecule has 0 aliphatic carbocycles. The van der Waals surface area contributed by atoms with Crippen LogP contribution in [0.15, 0.2) is 0 Å². The minimum atomic E-state index is -1.75. The van der Waals surface area contributed by atoms with E-state index in [9.17, 15) is 0 Å². The third kappa shape index (κ3) is 257. The fourth-order valence-corrected chi connectivity index (χ4v) is 0. The monoisotopic (exact) mass is 136 g/mol. The summed E-state index contributed by atoms with van der Waals surface area (Å²) in [5, 5.41) is 14.8. The summed E-state index contributed by atoms with van der Waals surface area (Å²) in [4.78, 5) is 8.25. The summed E-state index contributed by atoms with van der Waals surface area (Å²) in [7, 11) is 0. The third-order valence-electron chi connectivity index (χ3n) is 0. The van der Waals surface area contributed by atoms with Crippen molar-refractivity contribution in [2.75, 3.05) is 0 Å². The largest absolute Gasteiger partial charge is 2.00 e. The first-order chi connectivity index (χ1) is 1.73. The summed E-state index contributed by atoms with van der Waals surface area (Å²) in [6, 6.07) is 0. The molecule has 0 aromatic heterocycles. The molecule has 38 valence electrons. The van der Waals surface area contributed by atoms with E-state index >= 15 is 0 Å². The molecule has 0 aliphatic heterocycles. The fourth-order valence-electron chi connectivity index (χ4n) is 0. The van der Waals surface area contributed by atoms with Gasteiger partial charge in [0.25, 0.3) is 0 Å². The van der Waals surface area contributed by atoms with E-state index in [-0.39, 0.29) is 23.2 Å². The molecule has 0 rings (SSSR count). The molecule has 0 radical (unpaired) electrons. The number of nitrogens with zero attached hydrogens (tertiary/aromatic N) is 1. The van der Waals surface area contributed by atoms with Crippen LogP contribution in [0.2, 0.25) is 0 Å². The summed E-state index contributed by atoms with van der Waals surface area (Å²) in [5.74, 6) is 0. The molecule has 0 fully saturated rings. The summed E-state index contributed by atoms with van der Waals surface area (Å²) in [6.45, 7) is 0. The van der Waals surface area contributed by atoms with E-state index < -0.39 is 5.09 Å². The Balaban J connectivity index is -0.0000000450. The van der Waals surface area contributed by atoms with Crippen molar-refractivity contribution in [3.8, 4) is 0 Å². The van der Waals surface area contributed by atoms with Crippen LogP contribution in [-0.4, -0.2) is 5.09 Å². The predicted molar refractivity (Wildman–Crippen MR) is 16.3 cm³/mol. The molecule has 0 spiro atoms. The molecule has 0 aromatic carbocycles. The van der Waals surface area contributed by atoms with Gasteiger partial charge >= 0.3 is 17.1 Å². The van der Waals surface area contributed by atoms with Crippen LogP contribution < -0.4 is 6.15 Å². The fraction of sp³-hybridized carbons (Fsp3) is 0. The normalized spacial score (nSPS) is 4.00. The van der Waals surface area contributed by atoms with Gasteiger partial charge in [0.1, 0.15) is 0 Å². The van der Waals surface area contributed by atoms with Gasteiger partial charge in [-0.3, -0.25) is 0 Å². The molecule has 0 unspecified atom stereocenters. The maximum atomic E-state index is 8.25. The van der Waals surface area contributed by atoms with E-state index in [2.05, 4.69) is 0 Å². The van der Waals surface area contributed by atoms with Gasteiger partial charge in [0.15, 0.2) is 0 Å². The topological polar surface area (TPSA) is 103 Å². The van der Waals surface area contributed by atoms with E-state index in [1.54, 1.807) is 0 Å². The van der Waals surface area contributed by atoms with Crippen molar-refractivity contribution in [1.29, 1.82) is 0 Å². The van der Waals surface area contributed by atoms with Crippen molar-refractivity contribution in [1.82, 2.24) is 6.15 Å². The van der Waals surface area contributed by atoms with Crippen molar-refractivity contribution in [3.05, 3.63) is 15.3 Å². The van der Waals surface area contributed by atoms with Gasteiger partial charge < -0.3 is 21.5 Å². The Morgan fingerprint density at radius 1 is 1.33 bits per heavy atom. The number of quaternary nitrogens is 1. The average molecular weight is 136 g/mol. The van der Waals surface area contributed by atoms with Gasteiger partial charge in [-0.1, -0.05) is 0 Å². The van der Waals surface area contributed by atoms with Crippen molar-refractivity contribution in [3.63, 3.8) is 0 Å². The Morgan fingerprint density at radius 2 is 1.33 bits per heavy atom. The van der Waals surface area contributed by atoms with Crippen LogP contribution in [0.25, 0.3) is 0 Å². The van der Waals surface area contributed by atoms with Gasteiger partial charge in [-0.15, -0.1) is 0 Å². The summed E-state index contributed by atoms with van der Waals surface area (Å²) < 4.78 is 0. The summed E-state index contributed by atoms with van der Waals surface area (Å²) >= 11 is 0. The van der Waals surface area contributed by atoms with E-state index in [0.29, 0.717) is 0 Å². The Hall–Kier alpha value is -0.321. The molecular weight excluding hydrogens is 132 g/mol. The first-order valence-corrected chi connectivity index (χ1v) is 0.548. The number of hydrogen-bond acceptors (Lipinski definition) is 3. The van der Waals surface area contributed by atoms with E-state index in [1.807, 2.05) is 0 Å². The first kappa shape index (κ1) is 17.3. The van der Waals surface area contributed by atoms with Crippen LogP contribution in [0.4, 0.5) is 0 Å². The SMILES string of the molecule is O=[N+]([O-])[O-].[Fe+2].[NH4+]. The molecule has 0 heterocycles. The molecule has 0 saturated heterocycles. The summed E-state index contributed by atoms with van der Waals surface area (Å²) in [5.41, 5.74) is 0. The maximum absolute atomic E-state index is 8.25. The molecule has 4 N–H and O–H groups in total. The van der Waals surface area contributed by atoms with Crippen molar-refractivity contribution < 1.29 is 22.2 Å². The van der Waals surface area contributed by atoms with E-state index in [4.69, 9.17) is 15.3 Å². The van der Waals surface area contributed by atoms with Crippen LogP contribution in [0.1, 0.15) is 0 Å². The van der Waals surface area contributed by atoms with Crippen molar-refractivity contribution in [2.24, 2.45) is 0 Å². The number of hydrogen-bond donors (Lipinski definition) is 1. The predicted octanol–water partition coefficient (Wildman–Crippen LogP) is 0.135. The molecule has 6 heavy (non-hydrogen) atoms. The molecule has 0 aliphatic rings. The van der Waals surface area contributed by atoms with Crippen LogP contribution in [0.3, 0.4) is 0 Å². The Kier molecular flexibility index (Phi) is 25.5. The second-order valence-corrected chi connectivity index (χ2v) is 0.224. The molecule has 6 heteroatoms. The zero-order valence-electron chi connectivity index (χ0n) is 3.03.